The molecule has 0 atom stereocenters. The van der Waals surface area contributed by atoms with Crippen LogP contribution in [0.3, 0.4) is 0 Å². The van der Waals surface area contributed by atoms with Crippen molar-refractivity contribution in [2.24, 2.45) is 0 Å². The zero-order valence-corrected chi connectivity index (χ0v) is 16.6. The van der Waals surface area contributed by atoms with Crippen molar-refractivity contribution < 1.29 is 29.2 Å². The number of benzene rings is 3. The Hall–Kier alpha value is -5.14. The van der Waals surface area contributed by atoms with E-state index in [1.54, 1.807) is 6.92 Å². The summed E-state index contributed by atoms with van der Waals surface area (Å²) in [4.78, 5) is 41.1. The van der Waals surface area contributed by atoms with Crippen LogP contribution in [0.5, 0.6) is 23.0 Å². The van der Waals surface area contributed by atoms with Crippen LogP contribution < -0.4 is 9.47 Å². The van der Waals surface area contributed by atoms with Gasteiger partial charge in [0.25, 0.3) is 11.4 Å². The summed E-state index contributed by atoms with van der Waals surface area (Å²) in [5.41, 5.74) is -1.76. The lowest BCUT2D eigenvalue weighted by Gasteiger charge is -2.12. The van der Waals surface area contributed by atoms with Gasteiger partial charge in [0.2, 0.25) is 11.5 Å². The molecule has 3 rings (SSSR count). The molecule has 0 amide bonds. The molecule has 0 aliphatic heterocycles. The van der Waals surface area contributed by atoms with Crippen LogP contribution in [0, 0.1) is 47.4 Å². The minimum absolute atomic E-state index is 0.0390. The van der Waals surface area contributed by atoms with Crippen molar-refractivity contribution in [3.05, 3.63) is 101 Å². The Morgan fingerprint density at radius 2 is 1.06 bits per heavy atom. The summed E-state index contributed by atoms with van der Waals surface area (Å²) in [5, 5.41) is 44.4. The van der Waals surface area contributed by atoms with Gasteiger partial charge in [0.1, 0.15) is 11.5 Å². The molecule has 0 aliphatic rings. The normalized spacial score (nSPS) is 10.3. The van der Waals surface area contributed by atoms with Crippen LogP contribution in [0.4, 0.5) is 22.7 Å². The lowest BCUT2D eigenvalue weighted by molar-refractivity contribution is -0.394. The lowest BCUT2D eigenvalue weighted by Crippen LogP contribution is -1.98. The van der Waals surface area contributed by atoms with Gasteiger partial charge >= 0.3 is 11.4 Å². The highest BCUT2D eigenvalue weighted by Gasteiger charge is 2.23. The largest absolute Gasteiger partial charge is 0.450 e. The molecule has 0 bridgehead atoms. The topological polar surface area (TPSA) is 191 Å². The highest BCUT2D eigenvalue weighted by Crippen LogP contribution is 2.39. The van der Waals surface area contributed by atoms with Crippen molar-refractivity contribution in [1.29, 1.82) is 0 Å². The van der Waals surface area contributed by atoms with Crippen molar-refractivity contribution >= 4 is 22.7 Å². The first-order chi connectivity index (χ1) is 15.6. The van der Waals surface area contributed by atoms with Crippen LogP contribution in [-0.2, 0) is 0 Å². The highest BCUT2D eigenvalue weighted by atomic mass is 16.6. The van der Waals surface area contributed by atoms with Crippen LogP contribution in [0.25, 0.3) is 0 Å². The SMILES string of the molecule is Cc1ccc(Oc2ccc([N+](=O)[O-])cc2[N+](=O)[O-])cc1Oc1ccc([N+](=O)[O-])cc1[N+](=O)[O-]. The molecule has 168 valence electrons. The molecule has 3 aromatic carbocycles. The van der Waals surface area contributed by atoms with E-state index in [1.807, 2.05) is 0 Å². The van der Waals surface area contributed by atoms with Crippen LogP contribution in [0.1, 0.15) is 5.56 Å². The van der Waals surface area contributed by atoms with Gasteiger partial charge in [0, 0.05) is 18.2 Å². The van der Waals surface area contributed by atoms with Gasteiger partial charge in [-0.2, -0.15) is 0 Å². The first kappa shape index (κ1) is 22.5. The van der Waals surface area contributed by atoms with Crippen molar-refractivity contribution in [2.75, 3.05) is 0 Å². The van der Waals surface area contributed by atoms with Crippen LogP contribution in [-0.4, -0.2) is 19.7 Å². The number of hydrogen-bond donors (Lipinski definition) is 0. The van der Waals surface area contributed by atoms with Gasteiger partial charge in [0.15, 0.2) is 0 Å². The molecule has 0 saturated heterocycles. The molecule has 0 saturated carbocycles. The average molecular weight is 456 g/mol. The van der Waals surface area contributed by atoms with Crippen LogP contribution >= 0.6 is 0 Å². The van der Waals surface area contributed by atoms with Crippen molar-refractivity contribution in [1.82, 2.24) is 0 Å². The zero-order chi connectivity index (χ0) is 24.3. The van der Waals surface area contributed by atoms with Crippen LogP contribution in [0.15, 0.2) is 54.6 Å². The minimum atomic E-state index is -0.839. The van der Waals surface area contributed by atoms with E-state index < -0.39 is 42.4 Å². The molecule has 0 fully saturated rings. The first-order valence-corrected chi connectivity index (χ1v) is 8.89. The Labute approximate surface area is 183 Å². The predicted molar refractivity (Wildman–Crippen MR) is 111 cm³/mol. The molecule has 33 heavy (non-hydrogen) atoms. The Morgan fingerprint density at radius 3 is 1.52 bits per heavy atom. The number of nitro benzene ring substituents is 4. The van der Waals surface area contributed by atoms with Gasteiger partial charge < -0.3 is 9.47 Å². The number of nitrogens with zero attached hydrogens (tertiary/aromatic N) is 4. The summed E-state index contributed by atoms with van der Waals surface area (Å²) in [6.07, 6.45) is 0. The number of rotatable bonds is 8. The van der Waals surface area contributed by atoms with Gasteiger partial charge in [0.05, 0.1) is 31.8 Å². The molecule has 0 unspecified atom stereocenters. The highest BCUT2D eigenvalue weighted by molar-refractivity contribution is 5.57. The van der Waals surface area contributed by atoms with E-state index in [4.69, 9.17) is 9.47 Å². The van der Waals surface area contributed by atoms with E-state index in [2.05, 4.69) is 0 Å². The second kappa shape index (κ2) is 8.93. The van der Waals surface area contributed by atoms with Crippen molar-refractivity contribution in [2.45, 2.75) is 6.92 Å². The molecule has 3 aromatic rings. The third kappa shape index (κ3) is 4.96. The molecular weight excluding hydrogens is 444 g/mol. The van der Waals surface area contributed by atoms with Crippen LogP contribution in [0.2, 0.25) is 0 Å². The molecule has 0 aliphatic carbocycles. The van der Waals surface area contributed by atoms with E-state index >= 15 is 0 Å². The van der Waals surface area contributed by atoms with Gasteiger partial charge in [-0.15, -0.1) is 0 Å². The molecule has 0 aromatic heterocycles. The fourth-order valence-corrected chi connectivity index (χ4v) is 2.70. The average Bonchev–Trinajstić information content (AvgIpc) is 2.75. The van der Waals surface area contributed by atoms with Gasteiger partial charge in [-0.05, 0) is 30.7 Å². The maximum absolute atomic E-state index is 11.3. The number of non-ortho nitro benzene ring substituents is 2. The third-order valence-electron chi connectivity index (χ3n) is 4.31. The van der Waals surface area contributed by atoms with Gasteiger partial charge in [-0.1, -0.05) is 6.07 Å². The minimum Gasteiger partial charge on any atom is -0.450 e. The van der Waals surface area contributed by atoms with E-state index in [1.165, 1.54) is 18.2 Å². The Morgan fingerprint density at radius 1 is 0.576 bits per heavy atom. The summed E-state index contributed by atoms with van der Waals surface area (Å²) < 4.78 is 11.1. The second-order valence-corrected chi connectivity index (χ2v) is 6.46. The molecule has 0 radical (unpaired) electrons. The molecule has 0 spiro atoms. The number of hydrogen-bond acceptors (Lipinski definition) is 10. The van der Waals surface area contributed by atoms with E-state index in [9.17, 15) is 40.5 Å². The van der Waals surface area contributed by atoms with Crippen molar-refractivity contribution in [3.8, 4) is 23.0 Å². The standard InChI is InChI=1S/C19H12N4O10/c1-11-2-5-14(32-17-6-3-12(20(24)25)8-15(17)22(28)29)10-19(11)33-18-7-4-13(21(26)27)9-16(18)23(30)31/h2-10H,1H3. The fraction of sp³-hybridized carbons (Fsp3) is 0.0526. The zero-order valence-electron chi connectivity index (χ0n) is 16.6. The molecule has 14 heteroatoms. The Bertz CT molecular complexity index is 1310. The summed E-state index contributed by atoms with van der Waals surface area (Å²) in [5.74, 6) is -0.431. The summed E-state index contributed by atoms with van der Waals surface area (Å²) >= 11 is 0. The monoisotopic (exact) mass is 456 g/mol. The third-order valence-corrected chi connectivity index (χ3v) is 4.31. The van der Waals surface area contributed by atoms with Gasteiger partial charge in [-0.25, -0.2) is 0 Å². The first-order valence-electron chi connectivity index (χ1n) is 8.89. The maximum atomic E-state index is 11.3. The van der Waals surface area contributed by atoms with Crippen molar-refractivity contribution in [3.63, 3.8) is 0 Å². The number of nitro groups is 4. The van der Waals surface area contributed by atoms with Gasteiger partial charge in [-0.3, -0.25) is 40.5 Å². The molecular formula is C19H12N4O10. The van der Waals surface area contributed by atoms with E-state index in [0.29, 0.717) is 5.56 Å². The molecule has 0 N–H and O–H groups in total. The molecule has 14 nitrogen and oxygen atoms in total. The summed E-state index contributed by atoms with van der Waals surface area (Å²) in [7, 11) is 0. The smallest absolute Gasteiger partial charge is 0.318 e. The van der Waals surface area contributed by atoms with E-state index in [-0.39, 0.29) is 23.0 Å². The maximum Gasteiger partial charge on any atom is 0.318 e. The quantitative estimate of drug-likeness (QED) is 0.321. The fourth-order valence-electron chi connectivity index (χ4n) is 2.70. The second-order valence-electron chi connectivity index (χ2n) is 6.46. The lowest BCUT2D eigenvalue weighted by atomic mass is 10.2. The Kier molecular flexibility index (Phi) is 6.10. The Balaban J connectivity index is 1.96. The number of ether oxygens (including phenoxy) is 2. The van der Waals surface area contributed by atoms with E-state index in [0.717, 1.165) is 36.4 Å². The molecule has 0 heterocycles. The predicted octanol–water partition coefficient (Wildman–Crippen LogP) is 5.21. The number of aryl methyl sites for hydroxylation is 1. The summed E-state index contributed by atoms with van der Waals surface area (Å²) in [6, 6.07) is 9.98. The summed E-state index contributed by atoms with van der Waals surface area (Å²) in [6.45, 7) is 1.62.